The van der Waals surface area contributed by atoms with Crippen LogP contribution in [-0.4, -0.2) is 33.9 Å². The van der Waals surface area contributed by atoms with Crippen molar-refractivity contribution in [3.8, 4) is 21.8 Å². The Morgan fingerprint density at radius 3 is 2.67 bits per heavy atom. The number of fused-ring (bicyclic) bond motifs is 1. The topological polar surface area (TPSA) is 97.0 Å². The summed E-state index contributed by atoms with van der Waals surface area (Å²) in [6.07, 6.45) is 5.27. The van der Waals surface area contributed by atoms with E-state index in [-0.39, 0.29) is 5.91 Å². The van der Waals surface area contributed by atoms with Crippen LogP contribution in [0.15, 0.2) is 48.1 Å². The van der Waals surface area contributed by atoms with Crippen molar-refractivity contribution in [1.82, 2.24) is 15.0 Å². The number of ether oxygens (including phenoxy) is 1. The molecular formula is C25H20N4O3S. The zero-order valence-electron chi connectivity index (χ0n) is 18.2. The number of hydrogen-bond donors (Lipinski definition) is 2. The Kier molecular flexibility index (Phi) is 5.14. The maximum Gasteiger partial charge on any atom is 0.339 e. The molecule has 0 radical (unpaired) electrons. The second kappa shape index (κ2) is 8.14. The smallest absolute Gasteiger partial charge is 0.339 e. The largest absolute Gasteiger partial charge is 0.465 e. The molecule has 0 atom stereocenters. The number of benzene rings is 1. The fraction of sp³-hybridized carbons (Fsp3) is 0.120. The van der Waals surface area contributed by atoms with Gasteiger partial charge in [0.05, 0.1) is 23.9 Å². The van der Waals surface area contributed by atoms with Crippen molar-refractivity contribution in [2.45, 2.75) is 13.8 Å². The predicted molar refractivity (Wildman–Crippen MR) is 129 cm³/mol. The molecule has 0 aliphatic carbocycles. The summed E-state index contributed by atoms with van der Waals surface area (Å²) in [4.78, 5) is 36.9. The first-order valence-corrected chi connectivity index (χ1v) is 11.2. The second-order valence-electron chi connectivity index (χ2n) is 7.70. The first kappa shape index (κ1) is 20.8. The molecule has 0 fully saturated rings. The molecule has 8 heteroatoms. The SMILES string of the molecule is COC(=O)c1c(C)[nH]c(C=C2C(=O)Nc3ccc(-c4csc(-c5ccncc5)n4)cc32)c1C. The van der Waals surface area contributed by atoms with Crippen molar-refractivity contribution in [3.63, 3.8) is 0 Å². The minimum Gasteiger partial charge on any atom is -0.465 e. The van der Waals surface area contributed by atoms with Crippen molar-refractivity contribution >= 4 is 40.5 Å². The number of aromatic amines is 1. The Bertz CT molecular complexity index is 1430. The van der Waals surface area contributed by atoms with Gasteiger partial charge in [-0.25, -0.2) is 9.78 Å². The number of esters is 1. The van der Waals surface area contributed by atoms with Crippen LogP contribution < -0.4 is 5.32 Å². The van der Waals surface area contributed by atoms with Gasteiger partial charge in [0, 0.05) is 51.5 Å². The third-order valence-corrected chi connectivity index (χ3v) is 6.58. The molecule has 4 heterocycles. The second-order valence-corrected chi connectivity index (χ2v) is 8.56. The summed E-state index contributed by atoms with van der Waals surface area (Å²) in [6.45, 7) is 3.65. The van der Waals surface area contributed by atoms with E-state index in [0.29, 0.717) is 22.5 Å². The lowest BCUT2D eigenvalue weighted by atomic mass is 10.0. The molecule has 1 amide bonds. The van der Waals surface area contributed by atoms with Gasteiger partial charge in [-0.2, -0.15) is 0 Å². The van der Waals surface area contributed by atoms with Gasteiger partial charge in [0.25, 0.3) is 5.91 Å². The quantitative estimate of drug-likeness (QED) is 0.329. The summed E-state index contributed by atoms with van der Waals surface area (Å²) in [5, 5.41) is 5.83. The lowest BCUT2D eigenvalue weighted by Gasteiger charge is -2.03. The van der Waals surface area contributed by atoms with Crippen LogP contribution in [0.25, 0.3) is 33.5 Å². The van der Waals surface area contributed by atoms with Gasteiger partial charge >= 0.3 is 5.97 Å². The Balaban J connectivity index is 1.54. The van der Waals surface area contributed by atoms with Gasteiger partial charge in [0.2, 0.25) is 0 Å². The number of nitrogens with zero attached hydrogens (tertiary/aromatic N) is 2. The number of pyridine rings is 1. The van der Waals surface area contributed by atoms with Crippen LogP contribution in [-0.2, 0) is 9.53 Å². The van der Waals surface area contributed by atoms with E-state index < -0.39 is 5.97 Å². The molecule has 1 aliphatic rings. The highest BCUT2D eigenvalue weighted by atomic mass is 32.1. The minimum atomic E-state index is -0.405. The molecule has 1 aromatic carbocycles. The third-order valence-electron chi connectivity index (χ3n) is 5.68. The average molecular weight is 457 g/mol. The maximum absolute atomic E-state index is 12.8. The van der Waals surface area contributed by atoms with Gasteiger partial charge < -0.3 is 15.0 Å². The molecular weight excluding hydrogens is 436 g/mol. The van der Waals surface area contributed by atoms with Gasteiger partial charge in [-0.05, 0) is 49.8 Å². The van der Waals surface area contributed by atoms with Crippen molar-refractivity contribution in [1.29, 1.82) is 0 Å². The first-order chi connectivity index (χ1) is 16.0. The van der Waals surface area contributed by atoms with E-state index >= 15 is 0 Å². The number of aryl methyl sites for hydroxylation is 1. The number of rotatable bonds is 4. The number of carbonyl (C=O) groups excluding carboxylic acids is 2. The number of thiazole rings is 1. The van der Waals surface area contributed by atoms with E-state index in [1.54, 1.807) is 29.8 Å². The van der Waals surface area contributed by atoms with E-state index in [0.717, 1.165) is 38.6 Å². The number of aromatic nitrogens is 3. The Labute approximate surface area is 194 Å². The highest BCUT2D eigenvalue weighted by Gasteiger charge is 2.26. The number of nitrogens with one attached hydrogen (secondary N) is 2. The first-order valence-electron chi connectivity index (χ1n) is 10.3. The lowest BCUT2D eigenvalue weighted by molar-refractivity contribution is -0.110. The third kappa shape index (κ3) is 3.64. The Morgan fingerprint density at radius 2 is 1.91 bits per heavy atom. The van der Waals surface area contributed by atoms with Crippen molar-refractivity contribution in [3.05, 3.63) is 76.2 Å². The van der Waals surface area contributed by atoms with Crippen LogP contribution in [0.2, 0.25) is 0 Å². The molecule has 1 aliphatic heterocycles. The summed E-state index contributed by atoms with van der Waals surface area (Å²) in [6, 6.07) is 9.67. The normalized spacial score (nSPS) is 13.8. The number of anilines is 1. The highest BCUT2D eigenvalue weighted by molar-refractivity contribution is 7.13. The molecule has 0 spiro atoms. The van der Waals surface area contributed by atoms with Crippen molar-refractivity contribution in [2.24, 2.45) is 0 Å². The predicted octanol–water partition coefficient (Wildman–Crippen LogP) is 5.10. The number of carbonyl (C=O) groups is 2. The minimum absolute atomic E-state index is 0.191. The summed E-state index contributed by atoms with van der Waals surface area (Å²) in [7, 11) is 1.35. The Morgan fingerprint density at radius 1 is 1.12 bits per heavy atom. The van der Waals surface area contributed by atoms with E-state index in [2.05, 4.69) is 15.3 Å². The highest BCUT2D eigenvalue weighted by Crippen LogP contribution is 2.38. The number of amides is 1. The monoisotopic (exact) mass is 456 g/mol. The van der Waals surface area contributed by atoms with Crippen LogP contribution in [0.4, 0.5) is 5.69 Å². The van der Waals surface area contributed by atoms with Gasteiger partial charge in [-0.15, -0.1) is 11.3 Å². The molecule has 3 aromatic heterocycles. The molecule has 164 valence electrons. The molecule has 4 aromatic rings. The average Bonchev–Trinajstić information content (AvgIpc) is 3.51. The van der Waals surface area contributed by atoms with Crippen LogP contribution >= 0.6 is 11.3 Å². The van der Waals surface area contributed by atoms with Crippen LogP contribution in [0.1, 0.15) is 32.9 Å². The van der Waals surface area contributed by atoms with Crippen LogP contribution in [0.3, 0.4) is 0 Å². The van der Waals surface area contributed by atoms with E-state index in [1.165, 1.54) is 7.11 Å². The van der Waals surface area contributed by atoms with Crippen LogP contribution in [0.5, 0.6) is 0 Å². The zero-order chi connectivity index (χ0) is 23.1. The number of H-pyrrole nitrogens is 1. The van der Waals surface area contributed by atoms with Gasteiger partial charge in [0.15, 0.2) is 0 Å². The van der Waals surface area contributed by atoms with Gasteiger partial charge in [-0.1, -0.05) is 6.07 Å². The molecule has 0 saturated carbocycles. The molecule has 33 heavy (non-hydrogen) atoms. The fourth-order valence-electron chi connectivity index (χ4n) is 4.00. The molecule has 0 bridgehead atoms. The zero-order valence-corrected chi connectivity index (χ0v) is 19.0. The molecule has 0 saturated heterocycles. The van der Waals surface area contributed by atoms with Gasteiger partial charge in [-0.3, -0.25) is 9.78 Å². The molecule has 7 nitrogen and oxygen atoms in total. The number of hydrogen-bond acceptors (Lipinski definition) is 6. The lowest BCUT2D eigenvalue weighted by Crippen LogP contribution is -2.04. The number of methoxy groups -OCH3 is 1. The summed E-state index contributed by atoms with van der Waals surface area (Å²) in [5.74, 6) is -0.595. The summed E-state index contributed by atoms with van der Waals surface area (Å²) >= 11 is 1.56. The standard InChI is InChI=1S/C25H20N4O3S/c1-13-20(27-14(2)22(13)25(31)32-3)11-18-17-10-16(4-5-19(17)28-23(18)30)21-12-33-24(29-21)15-6-8-26-9-7-15/h4-12,27H,1-3H3,(H,28,30). The van der Waals surface area contributed by atoms with E-state index in [9.17, 15) is 9.59 Å². The van der Waals surface area contributed by atoms with Crippen LogP contribution in [0, 0.1) is 13.8 Å². The van der Waals surface area contributed by atoms with Crippen molar-refractivity contribution < 1.29 is 14.3 Å². The summed E-state index contributed by atoms with van der Waals surface area (Å²) in [5.41, 5.74) is 7.46. The van der Waals surface area contributed by atoms with E-state index in [4.69, 9.17) is 9.72 Å². The van der Waals surface area contributed by atoms with Crippen molar-refractivity contribution in [2.75, 3.05) is 12.4 Å². The molecule has 2 N–H and O–H groups in total. The molecule has 0 unspecified atom stereocenters. The van der Waals surface area contributed by atoms with Gasteiger partial charge in [0.1, 0.15) is 5.01 Å². The Hall–Kier alpha value is -4.04. The maximum atomic E-state index is 12.8. The van der Waals surface area contributed by atoms with E-state index in [1.807, 2.05) is 49.6 Å². The summed E-state index contributed by atoms with van der Waals surface area (Å²) < 4.78 is 4.89. The fourth-order valence-corrected chi connectivity index (χ4v) is 4.83. The molecule has 5 rings (SSSR count).